The van der Waals surface area contributed by atoms with Gasteiger partial charge in [0.25, 0.3) is 5.56 Å². The Morgan fingerprint density at radius 1 is 1.50 bits per heavy atom. The molecular weight excluding hydrogens is 330 g/mol. The van der Waals surface area contributed by atoms with Crippen LogP contribution in [0.1, 0.15) is 25.6 Å². The monoisotopic (exact) mass is 349 g/mol. The number of nitrogens with zero attached hydrogens (tertiary/aromatic N) is 2. The zero-order valence-corrected chi connectivity index (χ0v) is 14.3. The average molecular weight is 350 g/mol. The Bertz CT molecular complexity index is 805. The number of benzene rings is 1. The van der Waals surface area contributed by atoms with Gasteiger partial charge in [-0.3, -0.25) is 14.5 Å². The third-order valence-corrected chi connectivity index (χ3v) is 4.45. The number of fused-ring (bicyclic) bond motifs is 1. The summed E-state index contributed by atoms with van der Waals surface area (Å²) >= 11 is 5.98. The summed E-state index contributed by atoms with van der Waals surface area (Å²) in [5.41, 5.74) is 0.408. The van der Waals surface area contributed by atoms with Gasteiger partial charge in [-0.2, -0.15) is 0 Å². The number of aromatic amines is 1. The van der Waals surface area contributed by atoms with Crippen molar-refractivity contribution in [3.8, 4) is 0 Å². The van der Waals surface area contributed by atoms with Crippen LogP contribution in [-0.2, 0) is 16.1 Å². The second kappa shape index (κ2) is 7.32. The topological polar surface area (TPSA) is 75.3 Å². The fourth-order valence-corrected chi connectivity index (χ4v) is 3.27. The van der Waals surface area contributed by atoms with Gasteiger partial charge in [-0.05, 0) is 44.5 Å². The van der Waals surface area contributed by atoms with Gasteiger partial charge >= 0.3 is 5.97 Å². The number of hydrogen-bond donors (Lipinski definition) is 1. The fraction of sp³-hybridized carbons (Fsp3) is 0.471. The second-order valence-electron chi connectivity index (χ2n) is 6.00. The summed E-state index contributed by atoms with van der Waals surface area (Å²) in [6.07, 6.45) is 1.76. The van der Waals surface area contributed by atoms with Crippen LogP contribution >= 0.6 is 11.6 Å². The molecule has 1 aromatic heterocycles. The maximum absolute atomic E-state index is 12.2. The Morgan fingerprint density at radius 3 is 3.12 bits per heavy atom. The third kappa shape index (κ3) is 3.76. The lowest BCUT2D eigenvalue weighted by Gasteiger charge is -2.30. The first-order valence-corrected chi connectivity index (χ1v) is 8.52. The van der Waals surface area contributed by atoms with Gasteiger partial charge in [0.15, 0.2) is 0 Å². The smallest absolute Gasteiger partial charge is 0.310 e. The molecule has 2 heterocycles. The zero-order chi connectivity index (χ0) is 17.1. The summed E-state index contributed by atoms with van der Waals surface area (Å²) in [7, 11) is 0. The van der Waals surface area contributed by atoms with Crippen LogP contribution in [0.15, 0.2) is 23.0 Å². The number of likely N-dealkylation sites (tertiary alicyclic amines) is 1. The molecule has 1 fully saturated rings. The van der Waals surface area contributed by atoms with Crippen molar-refractivity contribution in [1.82, 2.24) is 14.9 Å². The lowest BCUT2D eigenvalue weighted by Crippen LogP contribution is -2.39. The third-order valence-electron chi connectivity index (χ3n) is 4.22. The van der Waals surface area contributed by atoms with Crippen LogP contribution in [0.25, 0.3) is 10.9 Å². The molecule has 0 spiro atoms. The molecule has 1 N–H and O–H groups in total. The predicted molar refractivity (Wildman–Crippen MR) is 92.0 cm³/mol. The molecule has 128 valence electrons. The Morgan fingerprint density at radius 2 is 2.33 bits per heavy atom. The standard InChI is InChI=1S/C17H20ClN3O3/c1-2-24-17(23)11-4-3-7-21(9-11)10-15-19-14-8-12(18)5-6-13(14)16(22)20-15/h5-6,8,11H,2-4,7,9-10H2,1H3,(H,19,20,22)/t11-/m0/s1. The minimum absolute atomic E-state index is 0.111. The number of H-pyrrole nitrogens is 1. The Balaban J connectivity index is 1.77. The van der Waals surface area contributed by atoms with Crippen molar-refractivity contribution in [2.75, 3.05) is 19.7 Å². The van der Waals surface area contributed by atoms with Crippen LogP contribution in [0, 0.1) is 5.92 Å². The van der Waals surface area contributed by atoms with E-state index < -0.39 is 0 Å². The molecule has 0 amide bonds. The molecule has 1 saturated heterocycles. The van der Waals surface area contributed by atoms with Crippen molar-refractivity contribution in [2.45, 2.75) is 26.3 Å². The van der Waals surface area contributed by atoms with E-state index in [1.54, 1.807) is 18.2 Å². The van der Waals surface area contributed by atoms with Gasteiger partial charge in [-0.25, -0.2) is 4.98 Å². The minimum Gasteiger partial charge on any atom is -0.466 e. The Labute approximate surface area is 144 Å². The van der Waals surface area contributed by atoms with Gasteiger partial charge in [-0.15, -0.1) is 0 Å². The SMILES string of the molecule is CCOC(=O)[C@H]1CCCN(Cc2nc3cc(Cl)ccc3c(=O)[nH]2)C1. The van der Waals surface area contributed by atoms with Crippen LogP contribution < -0.4 is 5.56 Å². The number of carbonyl (C=O) groups is 1. The van der Waals surface area contributed by atoms with Gasteiger partial charge in [0, 0.05) is 11.6 Å². The van der Waals surface area contributed by atoms with E-state index in [1.807, 2.05) is 6.92 Å². The van der Waals surface area contributed by atoms with Gasteiger partial charge in [0.05, 0.1) is 30.0 Å². The van der Waals surface area contributed by atoms with E-state index in [0.717, 1.165) is 19.4 Å². The number of ether oxygens (including phenoxy) is 1. The number of carbonyl (C=O) groups excluding carboxylic acids is 1. The first-order chi connectivity index (χ1) is 11.6. The molecule has 0 saturated carbocycles. The van der Waals surface area contributed by atoms with Crippen LogP contribution in [0.5, 0.6) is 0 Å². The normalized spacial score (nSPS) is 18.7. The van der Waals surface area contributed by atoms with Crippen molar-refractivity contribution in [3.05, 3.63) is 39.4 Å². The highest BCUT2D eigenvalue weighted by molar-refractivity contribution is 6.31. The molecule has 1 aliphatic heterocycles. The van der Waals surface area contributed by atoms with Crippen LogP contribution in [-0.4, -0.2) is 40.5 Å². The highest BCUT2D eigenvalue weighted by Crippen LogP contribution is 2.20. The van der Waals surface area contributed by atoms with E-state index in [1.165, 1.54) is 0 Å². The first-order valence-electron chi connectivity index (χ1n) is 8.14. The average Bonchev–Trinajstić information content (AvgIpc) is 2.55. The Kier molecular flexibility index (Phi) is 5.16. The summed E-state index contributed by atoms with van der Waals surface area (Å²) in [6, 6.07) is 5.03. The van der Waals surface area contributed by atoms with E-state index in [4.69, 9.17) is 16.3 Å². The van der Waals surface area contributed by atoms with Crippen molar-refractivity contribution in [1.29, 1.82) is 0 Å². The van der Waals surface area contributed by atoms with E-state index in [-0.39, 0.29) is 17.4 Å². The van der Waals surface area contributed by atoms with Gasteiger partial charge in [0.2, 0.25) is 0 Å². The number of halogens is 1. The number of esters is 1. The molecule has 0 aliphatic carbocycles. The lowest BCUT2D eigenvalue weighted by molar-refractivity contribution is -0.150. The highest BCUT2D eigenvalue weighted by atomic mass is 35.5. The zero-order valence-electron chi connectivity index (χ0n) is 13.5. The highest BCUT2D eigenvalue weighted by Gasteiger charge is 2.27. The minimum atomic E-state index is -0.175. The molecular formula is C17H20ClN3O3. The van der Waals surface area contributed by atoms with E-state index in [2.05, 4.69) is 14.9 Å². The van der Waals surface area contributed by atoms with Crippen molar-refractivity contribution >= 4 is 28.5 Å². The first kappa shape index (κ1) is 16.9. The number of piperidine rings is 1. The molecule has 2 aromatic rings. The summed E-state index contributed by atoms with van der Waals surface area (Å²) in [6.45, 7) is 4.19. The van der Waals surface area contributed by atoms with E-state index in [0.29, 0.717) is 41.4 Å². The van der Waals surface area contributed by atoms with Crippen LogP contribution in [0.4, 0.5) is 0 Å². The molecule has 3 rings (SSSR count). The molecule has 1 atom stereocenters. The largest absolute Gasteiger partial charge is 0.466 e. The number of rotatable bonds is 4. The molecule has 0 bridgehead atoms. The molecule has 1 aromatic carbocycles. The van der Waals surface area contributed by atoms with E-state index >= 15 is 0 Å². The predicted octanol–water partition coefficient (Wildman–Crippen LogP) is 2.35. The molecule has 7 heteroatoms. The molecule has 6 nitrogen and oxygen atoms in total. The van der Waals surface area contributed by atoms with E-state index in [9.17, 15) is 9.59 Å². The van der Waals surface area contributed by atoms with Crippen LogP contribution in [0.3, 0.4) is 0 Å². The van der Waals surface area contributed by atoms with Crippen molar-refractivity contribution in [2.24, 2.45) is 5.92 Å². The van der Waals surface area contributed by atoms with Crippen molar-refractivity contribution < 1.29 is 9.53 Å². The summed E-state index contributed by atoms with van der Waals surface area (Å²) < 4.78 is 5.12. The molecule has 0 unspecified atom stereocenters. The van der Waals surface area contributed by atoms with Crippen molar-refractivity contribution in [3.63, 3.8) is 0 Å². The number of hydrogen-bond acceptors (Lipinski definition) is 5. The Hall–Kier alpha value is -1.92. The number of nitrogens with one attached hydrogen (secondary N) is 1. The van der Waals surface area contributed by atoms with Gasteiger partial charge in [0.1, 0.15) is 5.82 Å². The maximum Gasteiger partial charge on any atom is 0.310 e. The summed E-state index contributed by atoms with van der Waals surface area (Å²) in [4.78, 5) is 33.5. The van der Waals surface area contributed by atoms with Crippen LogP contribution in [0.2, 0.25) is 5.02 Å². The summed E-state index contributed by atoms with van der Waals surface area (Å²) in [5, 5.41) is 1.07. The lowest BCUT2D eigenvalue weighted by atomic mass is 9.98. The number of aromatic nitrogens is 2. The molecule has 1 aliphatic rings. The fourth-order valence-electron chi connectivity index (χ4n) is 3.10. The maximum atomic E-state index is 12.2. The second-order valence-corrected chi connectivity index (χ2v) is 6.44. The summed E-state index contributed by atoms with van der Waals surface area (Å²) in [5.74, 6) is 0.327. The molecule has 24 heavy (non-hydrogen) atoms. The van der Waals surface area contributed by atoms with Gasteiger partial charge < -0.3 is 9.72 Å². The molecule has 0 radical (unpaired) electrons. The van der Waals surface area contributed by atoms with Gasteiger partial charge in [-0.1, -0.05) is 11.6 Å². The quantitative estimate of drug-likeness (QED) is 0.857.